The van der Waals surface area contributed by atoms with Crippen LogP contribution in [0.4, 0.5) is 5.69 Å². The first-order chi connectivity index (χ1) is 16.9. The molecule has 8 nitrogen and oxygen atoms in total. The standard InChI is InChI=1S/C27H22N4O4/c1-17-7-8-20(14-18(17)2)29-25(32)19(16-28)15-23-26(35-22-11-9-21(34-3)10-12-22)30-24-6-4-5-13-31(24)27(23)33/h4-15H,1-3H3,(H,29,32)/b19-15+. The highest BCUT2D eigenvalue weighted by molar-refractivity contribution is 6.09. The van der Waals surface area contributed by atoms with Crippen LogP contribution in [-0.2, 0) is 4.79 Å². The number of hydrogen-bond donors (Lipinski definition) is 1. The van der Waals surface area contributed by atoms with Gasteiger partial charge in [-0.1, -0.05) is 12.1 Å². The Kier molecular flexibility index (Phi) is 6.60. The predicted molar refractivity (Wildman–Crippen MR) is 133 cm³/mol. The summed E-state index contributed by atoms with van der Waals surface area (Å²) in [6.45, 7) is 3.89. The summed E-state index contributed by atoms with van der Waals surface area (Å²) in [7, 11) is 1.55. The SMILES string of the molecule is COc1ccc(Oc2nc3ccccn3c(=O)c2/C=C(\C#N)C(=O)Nc2ccc(C)c(C)c2)cc1. The van der Waals surface area contributed by atoms with Crippen LogP contribution in [-0.4, -0.2) is 22.4 Å². The second-order valence-electron chi connectivity index (χ2n) is 7.77. The van der Waals surface area contributed by atoms with Crippen molar-refractivity contribution in [1.29, 1.82) is 5.26 Å². The van der Waals surface area contributed by atoms with E-state index in [1.54, 1.807) is 61.8 Å². The number of pyridine rings is 1. The number of aryl methyl sites for hydroxylation is 2. The van der Waals surface area contributed by atoms with Crippen LogP contribution in [0.1, 0.15) is 16.7 Å². The third kappa shape index (κ3) is 5.04. The van der Waals surface area contributed by atoms with Crippen molar-refractivity contribution in [1.82, 2.24) is 9.38 Å². The third-order valence-corrected chi connectivity index (χ3v) is 5.43. The number of methoxy groups -OCH3 is 1. The number of ether oxygens (including phenoxy) is 2. The molecule has 0 spiro atoms. The van der Waals surface area contributed by atoms with Crippen LogP contribution in [0.25, 0.3) is 11.7 Å². The molecule has 1 amide bonds. The van der Waals surface area contributed by atoms with E-state index in [-0.39, 0.29) is 17.0 Å². The molecule has 0 saturated heterocycles. The normalized spacial score (nSPS) is 11.1. The van der Waals surface area contributed by atoms with E-state index in [0.29, 0.717) is 22.8 Å². The number of nitriles is 1. The van der Waals surface area contributed by atoms with Gasteiger partial charge in [0, 0.05) is 11.9 Å². The van der Waals surface area contributed by atoms with Crippen molar-refractivity contribution in [3.8, 4) is 23.4 Å². The summed E-state index contributed by atoms with van der Waals surface area (Å²) in [6, 6.07) is 19.1. The monoisotopic (exact) mass is 466 g/mol. The van der Waals surface area contributed by atoms with Crippen LogP contribution in [0.5, 0.6) is 17.4 Å². The highest BCUT2D eigenvalue weighted by Gasteiger charge is 2.18. The maximum absolute atomic E-state index is 13.3. The Morgan fingerprint density at radius 3 is 2.49 bits per heavy atom. The van der Waals surface area contributed by atoms with Crippen LogP contribution >= 0.6 is 0 Å². The Bertz CT molecular complexity index is 1550. The second kappa shape index (κ2) is 9.93. The minimum Gasteiger partial charge on any atom is -0.497 e. The molecule has 174 valence electrons. The lowest BCUT2D eigenvalue weighted by Gasteiger charge is -2.11. The van der Waals surface area contributed by atoms with E-state index < -0.39 is 11.5 Å². The molecule has 8 heteroatoms. The van der Waals surface area contributed by atoms with Gasteiger partial charge in [0.25, 0.3) is 11.5 Å². The molecule has 2 aromatic heterocycles. The van der Waals surface area contributed by atoms with Gasteiger partial charge in [-0.25, -0.2) is 0 Å². The van der Waals surface area contributed by atoms with Gasteiger partial charge in [-0.2, -0.15) is 10.2 Å². The lowest BCUT2D eigenvalue weighted by atomic mass is 10.1. The van der Waals surface area contributed by atoms with Gasteiger partial charge in [-0.15, -0.1) is 0 Å². The zero-order chi connectivity index (χ0) is 24.9. The molecule has 0 aliphatic carbocycles. The van der Waals surface area contributed by atoms with Crippen molar-refractivity contribution >= 4 is 23.3 Å². The maximum atomic E-state index is 13.3. The molecule has 0 atom stereocenters. The number of rotatable bonds is 6. The summed E-state index contributed by atoms with van der Waals surface area (Å²) < 4.78 is 12.4. The number of carbonyl (C=O) groups is 1. The fraction of sp³-hybridized carbons (Fsp3) is 0.111. The average Bonchev–Trinajstić information content (AvgIpc) is 2.86. The zero-order valence-corrected chi connectivity index (χ0v) is 19.4. The predicted octanol–water partition coefficient (Wildman–Crippen LogP) is 4.66. The Balaban J connectivity index is 1.77. The molecule has 1 N–H and O–H groups in total. The van der Waals surface area contributed by atoms with Crippen molar-refractivity contribution in [3.05, 3.63) is 99.5 Å². The summed E-state index contributed by atoms with van der Waals surface area (Å²) in [5.74, 6) is 0.367. The van der Waals surface area contributed by atoms with Crippen LogP contribution in [0, 0.1) is 25.2 Å². The van der Waals surface area contributed by atoms with Gasteiger partial charge in [-0.05, 0) is 79.6 Å². The lowest BCUT2D eigenvalue weighted by Crippen LogP contribution is -2.20. The van der Waals surface area contributed by atoms with Gasteiger partial charge >= 0.3 is 0 Å². The third-order valence-electron chi connectivity index (χ3n) is 5.43. The Morgan fingerprint density at radius 2 is 1.80 bits per heavy atom. The van der Waals surface area contributed by atoms with Crippen LogP contribution < -0.4 is 20.3 Å². The molecule has 35 heavy (non-hydrogen) atoms. The van der Waals surface area contributed by atoms with Crippen molar-refractivity contribution < 1.29 is 14.3 Å². The molecule has 0 fully saturated rings. The van der Waals surface area contributed by atoms with E-state index in [4.69, 9.17) is 9.47 Å². The fourth-order valence-corrected chi connectivity index (χ4v) is 3.35. The van der Waals surface area contributed by atoms with Gasteiger partial charge in [0.2, 0.25) is 5.88 Å². The number of anilines is 1. The number of nitrogens with zero attached hydrogens (tertiary/aromatic N) is 3. The lowest BCUT2D eigenvalue weighted by molar-refractivity contribution is -0.112. The summed E-state index contributed by atoms with van der Waals surface area (Å²) in [4.78, 5) is 30.6. The number of hydrogen-bond acceptors (Lipinski definition) is 6. The van der Waals surface area contributed by atoms with Crippen LogP contribution in [0.2, 0.25) is 0 Å². The summed E-state index contributed by atoms with van der Waals surface area (Å²) in [5.41, 5.74) is 2.20. The van der Waals surface area contributed by atoms with Gasteiger partial charge in [0.15, 0.2) is 0 Å². The summed E-state index contributed by atoms with van der Waals surface area (Å²) in [6.07, 6.45) is 2.75. The van der Waals surface area contributed by atoms with Crippen molar-refractivity contribution in [2.75, 3.05) is 12.4 Å². The molecular weight excluding hydrogens is 444 g/mol. The fourth-order valence-electron chi connectivity index (χ4n) is 3.35. The molecule has 0 saturated carbocycles. The number of benzene rings is 2. The molecule has 2 heterocycles. The highest BCUT2D eigenvalue weighted by atomic mass is 16.5. The van der Waals surface area contributed by atoms with E-state index in [1.165, 1.54) is 10.5 Å². The van der Waals surface area contributed by atoms with E-state index in [0.717, 1.165) is 11.1 Å². The Hall–Kier alpha value is -4.90. The number of amides is 1. The first kappa shape index (κ1) is 23.3. The van der Waals surface area contributed by atoms with Crippen LogP contribution in [0.3, 0.4) is 0 Å². The molecule has 0 bridgehead atoms. The van der Waals surface area contributed by atoms with E-state index in [9.17, 15) is 14.9 Å². The largest absolute Gasteiger partial charge is 0.497 e. The first-order valence-corrected chi connectivity index (χ1v) is 10.7. The van der Waals surface area contributed by atoms with Gasteiger partial charge in [-0.3, -0.25) is 14.0 Å². The van der Waals surface area contributed by atoms with Crippen molar-refractivity contribution in [3.63, 3.8) is 0 Å². The summed E-state index contributed by atoms with van der Waals surface area (Å²) in [5, 5.41) is 12.4. The molecule has 0 aliphatic heterocycles. The molecule has 0 aliphatic rings. The Morgan fingerprint density at radius 1 is 1.06 bits per heavy atom. The minimum absolute atomic E-state index is 0.0295. The van der Waals surface area contributed by atoms with Crippen molar-refractivity contribution in [2.45, 2.75) is 13.8 Å². The van der Waals surface area contributed by atoms with Crippen LogP contribution in [0.15, 0.2) is 77.2 Å². The quantitative estimate of drug-likeness (QED) is 0.327. The number of fused-ring (bicyclic) bond motifs is 1. The zero-order valence-electron chi connectivity index (χ0n) is 19.4. The Labute approximate surface area is 201 Å². The average molecular weight is 466 g/mol. The second-order valence-corrected chi connectivity index (χ2v) is 7.77. The molecule has 4 rings (SSSR count). The molecule has 0 unspecified atom stereocenters. The molecule has 2 aromatic carbocycles. The molecule has 4 aromatic rings. The van der Waals surface area contributed by atoms with E-state index >= 15 is 0 Å². The van der Waals surface area contributed by atoms with Gasteiger partial charge in [0.05, 0.1) is 7.11 Å². The molecular formula is C27H22N4O4. The first-order valence-electron chi connectivity index (χ1n) is 10.7. The molecule has 0 radical (unpaired) electrons. The van der Waals surface area contributed by atoms with Gasteiger partial charge in [0.1, 0.15) is 34.4 Å². The summed E-state index contributed by atoms with van der Waals surface area (Å²) >= 11 is 0. The maximum Gasteiger partial charge on any atom is 0.269 e. The highest BCUT2D eigenvalue weighted by Crippen LogP contribution is 2.26. The minimum atomic E-state index is -0.649. The number of carbonyl (C=O) groups excluding carboxylic acids is 1. The smallest absolute Gasteiger partial charge is 0.269 e. The van der Waals surface area contributed by atoms with Gasteiger partial charge < -0.3 is 14.8 Å². The van der Waals surface area contributed by atoms with Crippen molar-refractivity contribution in [2.24, 2.45) is 0 Å². The number of aromatic nitrogens is 2. The number of nitrogens with one attached hydrogen (secondary N) is 1. The van der Waals surface area contributed by atoms with E-state index in [1.807, 2.05) is 32.0 Å². The van der Waals surface area contributed by atoms with E-state index in [2.05, 4.69) is 10.3 Å². The topological polar surface area (TPSA) is 106 Å².